The topological polar surface area (TPSA) is 35.6 Å². The van der Waals surface area contributed by atoms with Crippen LogP contribution in [0.3, 0.4) is 0 Å². The van der Waals surface area contributed by atoms with Gasteiger partial charge in [-0.15, -0.1) is 0 Å². The Morgan fingerprint density at radius 2 is 1.90 bits per heavy atom. The van der Waals surface area contributed by atoms with Crippen molar-refractivity contribution in [3.8, 4) is 0 Å². The molecule has 1 heterocycles. The number of rotatable bonds is 5. The van der Waals surface area contributed by atoms with E-state index in [9.17, 15) is 4.79 Å². The number of benzene rings is 1. The second kappa shape index (κ2) is 6.48. The van der Waals surface area contributed by atoms with Gasteiger partial charge in [-0.3, -0.25) is 4.79 Å². The third-order valence-corrected chi connectivity index (χ3v) is 4.49. The average molecular weight is 287 g/mol. The predicted octanol–water partition coefficient (Wildman–Crippen LogP) is 1.64. The van der Waals surface area contributed by atoms with Crippen LogP contribution >= 0.6 is 0 Å². The number of carbonyl (C=O) groups is 1. The van der Waals surface area contributed by atoms with Crippen molar-refractivity contribution < 1.29 is 4.79 Å². The molecule has 1 aromatic rings. The molecule has 0 aromatic heterocycles. The first-order valence-corrected chi connectivity index (χ1v) is 8.03. The summed E-state index contributed by atoms with van der Waals surface area (Å²) in [6.45, 7) is 7.18. The van der Waals surface area contributed by atoms with Gasteiger partial charge in [0.25, 0.3) is 0 Å². The molecule has 2 fully saturated rings. The van der Waals surface area contributed by atoms with Crippen LogP contribution in [0.5, 0.6) is 0 Å². The van der Waals surface area contributed by atoms with Crippen LogP contribution in [0.1, 0.15) is 18.4 Å². The van der Waals surface area contributed by atoms with Crippen molar-refractivity contribution in [3.05, 3.63) is 29.8 Å². The highest BCUT2D eigenvalue weighted by molar-refractivity contribution is 5.78. The lowest BCUT2D eigenvalue weighted by molar-refractivity contribution is -0.130. The van der Waals surface area contributed by atoms with Gasteiger partial charge >= 0.3 is 0 Å². The third-order valence-electron chi connectivity index (χ3n) is 4.49. The standard InChI is InChI=1S/C17H25N3O/c1-14-4-2-3-5-16(14)19-8-10-20(11-9-19)17(21)13-18-12-15-6-7-15/h2-5,15,18H,6-13H2,1H3. The molecule has 0 unspecified atom stereocenters. The summed E-state index contributed by atoms with van der Waals surface area (Å²) in [5.41, 5.74) is 2.61. The fourth-order valence-electron chi connectivity index (χ4n) is 2.93. The summed E-state index contributed by atoms with van der Waals surface area (Å²) in [5.74, 6) is 1.08. The highest BCUT2D eigenvalue weighted by Crippen LogP contribution is 2.27. The van der Waals surface area contributed by atoms with Gasteiger partial charge in [0.05, 0.1) is 6.54 Å². The molecule has 4 heteroatoms. The Labute approximate surface area is 127 Å². The highest BCUT2D eigenvalue weighted by Gasteiger charge is 2.23. The number of para-hydroxylation sites is 1. The van der Waals surface area contributed by atoms with E-state index in [0.29, 0.717) is 6.54 Å². The summed E-state index contributed by atoms with van der Waals surface area (Å²) in [6, 6.07) is 8.48. The number of carbonyl (C=O) groups excluding carboxylic acids is 1. The van der Waals surface area contributed by atoms with E-state index in [1.807, 2.05) is 4.90 Å². The zero-order valence-corrected chi connectivity index (χ0v) is 12.8. The number of aryl methyl sites for hydroxylation is 1. The zero-order chi connectivity index (χ0) is 14.7. The Morgan fingerprint density at radius 3 is 2.57 bits per heavy atom. The lowest BCUT2D eigenvalue weighted by atomic mass is 10.1. The zero-order valence-electron chi connectivity index (χ0n) is 12.8. The maximum absolute atomic E-state index is 12.2. The summed E-state index contributed by atoms with van der Waals surface area (Å²) >= 11 is 0. The normalized spacial score (nSPS) is 18.9. The van der Waals surface area contributed by atoms with Gasteiger partial charge in [0.2, 0.25) is 5.91 Å². The second-order valence-electron chi connectivity index (χ2n) is 6.23. The summed E-state index contributed by atoms with van der Waals surface area (Å²) < 4.78 is 0. The second-order valence-corrected chi connectivity index (χ2v) is 6.23. The van der Waals surface area contributed by atoms with Crippen LogP contribution < -0.4 is 10.2 Å². The molecule has 21 heavy (non-hydrogen) atoms. The molecule has 1 aromatic carbocycles. The SMILES string of the molecule is Cc1ccccc1N1CCN(C(=O)CNCC2CC2)CC1. The Hall–Kier alpha value is -1.55. The minimum Gasteiger partial charge on any atom is -0.368 e. The minimum atomic E-state index is 0.250. The number of nitrogens with zero attached hydrogens (tertiary/aromatic N) is 2. The first-order valence-electron chi connectivity index (χ1n) is 8.03. The first-order chi connectivity index (χ1) is 10.2. The molecule has 1 aliphatic carbocycles. The third kappa shape index (κ3) is 3.76. The molecular weight excluding hydrogens is 262 g/mol. The van der Waals surface area contributed by atoms with Crippen molar-refractivity contribution in [1.29, 1.82) is 0 Å². The number of hydrogen-bond donors (Lipinski definition) is 1. The molecule has 3 rings (SSSR count). The molecule has 0 atom stereocenters. The molecule has 1 N–H and O–H groups in total. The predicted molar refractivity (Wildman–Crippen MR) is 85.6 cm³/mol. The molecule has 1 saturated heterocycles. The monoisotopic (exact) mass is 287 g/mol. The largest absolute Gasteiger partial charge is 0.368 e. The molecule has 1 aliphatic heterocycles. The number of nitrogens with one attached hydrogen (secondary N) is 1. The van der Waals surface area contributed by atoms with Gasteiger partial charge in [0, 0.05) is 31.9 Å². The Kier molecular flexibility index (Phi) is 4.44. The quantitative estimate of drug-likeness (QED) is 0.894. The van der Waals surface area contributed by atoms with E-state index < -0.39 is 0 Å². The van der Waals surface area contributed by atoms with E-state index >= 15 is 0 Å². The van der Waals surface area contributed by atoms with Gasteiger partial charge < -0.3 is 15.1 Å². The smallest absolute Gasteiger partial charge is 0.236 e. The lowest BCUT2D eigenvalue weighted by Gasteiger charge is -2.36. The van der Waals surface area contributed by atoms with Crippen LogP contribution in [0.4, 0.5) is 5.69 Å². The Balaban J connectivity index is 1.45. The van der Waals surface area contributed by atoms with E-state index in [2.05, 4.69) is 41.4 Å². The van der Waals surface area contributed by atoms with Crippen LogP contribution in [0.2, 0.25) is 0 Å². The minimum absolute atomic E-state index is 0.250. The number of piperazine rings is 1. The van der Waals surface area contributed by atoms with Gasteiger partial charge in [0.15, 0.2) is 0 Å². The maximum Gasteiger partial charge on any atom is 0.236 e. The van der Waals surface area contributed by atoms with Crippen LogP contribution in [-0.4, -0.2) is 50.1 Å². The van der Waals surface area contributed by atoms with Crippen LogP contribution in [0.15, 0.2) is 24.3 Å². The molecule has 1 saturated carbocycles. The number of anilines is 1. The number of hydrogen-bond acceptors (Lipinski definition) is 3. The number of amides is 1. The van der Waals surface area contributed by atoms with Crippen molar-refractivity contribution >= 4 is 11.6 Å². The molecule has 4 nitrogen and oxygen atoms in total. The van der Waals surface area contributed by atoms with Gasteiger partial charge in [-0.05, 0) is 43.9 Å². The van der Waals surface area contributed by atoms with E-state index in [-0.39, 0.29) is 5.91 Å². The lowest BCUT2D eigenvalue weighted by Crippen LogP contribution is -2.51. The van der Waals surface area contributed by atoms with Gasteiger partial charge in [-0.2, -0.15) is 0 Å². The molecule has 2 aliphatic rings. The van der Waals surface area contributed by atoms with E-state index in [0.717, 1.165) is 38.6 Å². The molecule has 0 spiro atoms. The molecule has 114 valence electrons. The van der Waals surface area contributed by atoms with Crippen molar-refractivity contribution in [2.45, 2.75) is 19.8 Å². The van der Waals surface area contributed by atoms with Crippen molar-refractivity contribution in [3.63, 3.8) is 0 Å². The van der Waals surface area contributed by atoms with Crippen molar-refractivity contribution in [2.24, 2.45) is 5.92 Å². The Bertz CT molecular complexity index is 491. The van der Waals surface area contributed by atoms with Gasteiger partial charge in [0.1, 0.15) is 0 Å². The molecule has 0 bridgehead atoms. The molecule has 0 radical (unpaired) electrons. The van der Waals surface area contributed by atoms with Gasteiger partial charge in [-0.25, -0.2) is 0 Å². The van der Waals surface area contributed by atoms with Crippen LogP contribution in [0.25, 0.3) is 0 Å². The summed E-state index contributed by atoms with van der Waals surface area (Å²) in [4.78, 5) is 16.5. The molecular formula is C17H25N3O. The van der Waals surface area contributed by atoms with Crippen LogP contribution in [-0.2, 0) is 4.79 Å². The van der Waals surface area contributed by atoms with Crippen LogP contribution in [0, 0.1) is 12.8 Å². The first kappa shape index (κ1) is 14.4. The fourth-order valence-corrected chi connectivity index (χ4v) is 2.93. The van der Waals surface area contributed by atoms with E-state index in [1.54, 1.807) is 0 Å². The summed E-state index contributed by atoms with van der Waals surface area (Å²) in [5, 5.41) is 3.29. The van der Waals surface area contributed by atoms with Crippen molar-refractivity contribution in [1.82, 2.24) is 10.2 Å². The van der Waals surface area contributed by atoms with E-state index in [1.165, 1.54) is 24.1 Å². The fraction of sp³-hybridized carbons (Fsp3) is 0.588. The highest BCUT2D eigenvalue weighted by atomic mass is 16.2. The van der Waals surface area contributed by atoms with E-state index in [4.69, 9.17) is 0 Å². The van der Waals surface area contributed by atoms with Gasteiger partial charge in [-0.1, -0.05) is 18.2 Å². The van der Waals surface area contributed by atoms with Crippen molar-refractivity contribution in [2.75, 3.05) is 44.2 Å². The summed E-state index contributed by atoms with van der Waals surface area (Å²) in [7, 11) is 0. The molecule has 1 amide bonds. The average Bonchev–Trinajstić information content (AvgIpc) is 3.32. The summed E-state index contributed by atoms with van der Waals surface area (Å²) in [6.07, 6.45) is 2.66. The Morgan fingerprint density at radius 1 is 1.19 bits per heavy atom. The maximum atomic E-state index is 12.2.